The first kappa shape index (κ1) is 15.9. The minimum Gasteiger partial charge on any atom is -0.339 e. The first-order valence-corrected chi connectivity index (χ1v) is 8.74. The molecule has 0 aliphatic carbocycles. The summed E-state index contributed by atoms with van der Waals surface area (Å²) in [5, 5.41) is 2.79. The van der Waals surface area contributed by atoms with E-state index in [-0.39, 0.29) is 18.4 Å². The van der Waals surface area contributed by atoms with E-state index in [1.54, 1.807) is 4.90 Å². The van der Waals surface area contributed by atoms with Crippen LogP contribution in [0.1, 0.15) is 30.9 Å². The predicted molar refractivity (Wildman–Crippen MR) is 86.1 cm³/mol. The molecule has 1 aliphatic rings. The molecule has 2 rings (SSSR count). The summed E-state index contributed by atoms with van der Waals surface area (Å²) in [7, 11) is 0. The molecule has 1 aliphatic heterocycles. The molecule has 1 atom stereocenters. The Morgan fingerprint density at radius 1 is 1.19 bits per heavy atom. The molecular formula is C16H22N2O2S. The minimum absolute atomic E-state index is 0.00525. The van der Waals surface area contributed by atoms with Crippen LogP contribution in [0.2, 0.25) is 0 Å². The van der Waals surface area contributed by atoms with Crippen molar-refractivity contribution < 1.29 is 9.59 Å². The normalized spacial score (nSPS) is 18.7. The van der Waals surface area contributed by atoms with Crippen molar-refractivity contribution in [3.63, 3.8) is 0 Å². The summed E-state index contributed by atoms with van der Waals surface area (Å²) >= 11 is 1.84. The molecule has 1 saturated heterocycles. The van der Waals surface area contributed by atoms with Gasteiger partial charge in [-0.2, -0.15) is 11.8 Å². The standard InChI is InChI=1S/C16H22N2O2S/c1-21-11-7-3-6-10-18-12-14(19)17-15(16(18)20)13-8-4-2-5-9-13/h2,4-5,8-9,15H,3,6-7,10-12H2,1H3,(H,17,19). The average molecular weight is 306 g/mol. The highest BCUT2D eigenvalue weighted by molar-refractivity contribution is 7.98. The van der Waals surface area contributed by atoms with Gasteiger partial charge in [-0.05, 0) is 30.4 Å². The number of carbonyl (C=O) groups excluding carboxylic acids is 2. The van der Waals surface area contributed by atoms with Gasteiger partial charge in [-0.3, -0.25) is 9.59 Å². The van der Waals surface area contributed by atoms with Gasteiger partial charge in [0.15, 0.2) is 0 Å². The third-order valence-corrected chi connectivity index (χ3v) is 4.30. The lowest BCUT2D eigenvalue weighted by Gasteiger charge is -2.32. The molecule has 1 aromatic carbocycles. The van der Waals surface area contributed by atoms with Crippen LogP contribution in [0.3, 0.4) is 0 Å². The van der Waals surface area contributed by atoms with Crippen LogP contribution in [-0.4, -0.2) is 41.8 Å². The van der Waals surface area contributed by atoms with Crippen LogP contribution >= 0.6 is 11.8 Å². The van der Waals surface area contributed by atoms with Crippen LogP contribution in [0.25, 0.3) is 0 Å². The molecule has 21 heavy (non-hydrogen) atoms. The van der Waals surface area contributed by atoms with Gasteiger partial charge in [0.2, 0.25) is 11.8 Å². The summed E-state index contributed by atoms with van der Waals surface area (Å²) in [5.74, 6) is 1.08. The van der Waals surface area contributed by atoms with E-state index in [9.17, 15) is 9.59 Å². The third-order valence-electron chi connectivity index (χ3n) is 3.61. The lowest BCUT2D eigenvalue weighted by Crippen LogP contribution is -2.53. The number of nitrogens with one attached hydrogen (secondary N) is 1. The predicted octanol–water partition coefficient (Wildman–Crippen LogP) is 2.22. The SMILES string of the molecule is CSCCCCCN1CC(=O)NC(c2ccccc2)C1=O. The van der Waals surface area contributed by atoms with Crippen molar-refractivity contribution >= 4 is 23.6 Å². The Balaban J connectivity index is 1.93. The van der Waals surface area contributed by atoms with Crippen LogP contribution in [0.4, 0.5) is 0 Å². The highest BCUT2D eigenvalue weighted by Crippen LogP contribution is 2.19. The zero-order valence-electron chi connectivity index (χ0n) is 12.4. The quantitative estimate of drug-likeness (QED) is 0.786. The van der Waals surface area contributed by atoms with Crippen molar-refractivity contribution in [2.75, 3.05) is 25.1 Å². The number of thioether (sulfide) groups is 1. The summed E-state index contributed by atoms with van der Waals surface area (Å²) in [6.07, 6.45) is 5.32. The van der Waals surface area contributed by atoms with Crippen molar-refractivity contribution in [2.24, 2.45) is 0 Å². The van der Waals surface area contributed by atoms with Gasteiger partial charge in [0.1, 0.15) is 6.04 Å². The Morgan fingerprint density at radius 3 is 2.67 bits per heavy atom. The molecule has 1 aromatic rings. The van der Waals surface area contributed by atoms with Gasteiger partial charge >= 0.3 is 0 Å². The maximum Gasteiger partial charge on any atom is 0.250 e. The molecule has 4 nitrogen and oxygen atoms in total. The highest BCUT2D eigenvalue weighted by Gasteiger charge is 2.33. The zero-order valence-corrected chi connectivity index (χ0v) is 13.2. The molecular weight excluding hydrogens is 284 g/mol. The topological polar surface area (TPSA) is 49.4 Å². The van der Waals surface area contributed by atoms with E-state index in [1.165, 1.54) is 0 Å². The van der Waals surface area contributed by atoms with Crippen LogP contribution in [0.5, 0.6) is 0 Å². The molecule has 1 fully saturated rings. The van der Waals surface area contributed by atoms with Crippen LogP contribution in [-0.2, 0) is 9.59 Å². The highest BCUT2D eigenvalue weighted by atomic mass is 32.2. The van der Waals surface area contributed by atoms with E-state index in [0.717, 1.165) is 30.6 Å². The molecule has 0 spiro atoms. The first-order valence-electron chi connectivity index (χ1n) is 7.34. The van der Waals surface area contributed by atoms with Gasteiger partial charge in [0.25, 0.3) is 0 Å². The van der Waals surface area contributed by atoms with Gasteiger partial charge in [0.05, 0.1) is 6.54 Å². The number of nitrogens with zero attached hydrogens (tertiary/aromatic N) is 1. The van der Waals surface area contributed by atoms with Crippen molar-refractivity contribution in [2.45, 2.75) is 25.3 Å². The Kier molecular flexibility index (Phi) is 6.11. The van der Waals surface area contributed by atoms with Gasteiger partial charge < -0.3 is 10.2 Å². The number of carbonyl (C=O) groups is 2. The van der Waals surface area contributed by atoms with Crippen molar-refractivity contribution in [3.05, 3.63) is 35.9 Å². The number of hydrogen-bond acceptors (Lipinski definition) is 3. The van der Waals surface area contributed by atoms with Crippen molar-refractivity contribution in [1.29, 1.82) is 0 Å². The van der Waals surface area contributed by atoms with Crippen LogP contribution in [0.15, 0.2) is 30.3 Å². The second kappa shape index (κ2) is 8.08. The van der Waals surface area contributed by atoms with Gasteiger partial charge in [-0.15, -0.1) is 0 Å². The monoisotopic (exact) mass is 306 g/mol. The second-order valence-corrected chi connectivity index (χ2v) is 6.21. The Morgan fingerprint density at radius 2 is 1.95 bits per heavy atom. The molecule has 1 heterocycles. The maximum absolute atomic E-state index is 12.5. The Hall–Kier alpha value is -1.49. The fourth-order valence-electron chi connectivity index (χ4n) is 2.49. The summed E-state index contributed by atoms with van der Waals surface area (Å²) in [5.41, 5.74) is 0.850. The molecule has 0 aromatic heterocycles. The van der Waals surface area contributed by atoms with E-state index in [4.69, 9.17) is 0 Å². The van der Waals surface area contributed by atoms with E-state index in [2.05, 4.69) is 11.6 Å². The van der Waals surface area contributed by atoms with E-state index in [1.807, 2.05) is 42.1 Å². The van der Waals surface area contributed by atoms with Crippen LogP contribution in [0, 0.1) is 0 Å². The number of hydrogen-bond donors (Lipinski definition) is 1. The molecule has 0 bridgehead atoms. The fraction of sp³-hybridized carbons (Fsp3) is 0.500. The molecule has 1 unspecified atom stereocenters. The number of benzene rings is 1. The van der Waals surface area contributed by atoms with E-state index in [0.29, 0.717) is 6.54 Å². The van der Waals surface area contributed by atoms with Gasteiger partial charge in [-0.25, -0.2) is 0 Å². The maximum atomic E-state index is 12.5. The Bertz CT molecular complexity index is 478. The lowest BCUT2D eigenvalue weighted by molar-refractivity contribution is -0.144. The van der Waals surface area contributed by atoms with Crippen molar-refractivity contribution in [3.8, 4) is 0 Å². The van der Waals surface area contributed by atoms with Crippen molar-refractivity contribution in [1.82, 2.24) is 10.2 Å². The molecule has 0 radical (unpaired) electrons. The lowest BCUT2D eigenvalue weighted by atomic mass is 10.0. The third kappa shape index (κ3) is 4.49. The summed E-state index contributed by atoms with van der Waals surface area (Å²) in [4.78, 5) is 26.0. The minimum atomic E-state index is -0.529. The molecule has 114 valence electrons. The summed E-state index contributed by atoms with van der Waals surface area (Å²) < 4.78 is 0. The largest absolute Gasteiger partial charge is 0.339 e. The number of rotatable bonds is 7. The summed E-state index contributed by atoms with van der Waals surface area (Å²) in [6, 6.07) is 8.91. The summed E-state index contributed by atoms with van der Waals surface area (Å²) in [6.45, 7) is 0.856. The molecule has 1 N–H and O–H groups in total. The molecule has 0 saturated carbocycles. The van der Waals surface area contributed by atoms with Gasteiger partial charge in [-0.1, -0.05) is 36.8 Å². The van der Waals surface area contributed by atoms with Gasteiger partial charge in [0, 0.05) is 6.54 Å². The van der Waals surface area contributed by atoms with Crippen LogP contribution < -0.4 is 5.32 Å². The molecule has 5 heteroatoms. The fourth-order valence-corrected chi connectivity index (χ4v) is 2.98. The Labute approximate surface area is 130 Å². The number of piperazine rings is 1. The second-order valence-electron chi connectivity index (χ2n) is 5.22. The van der Waals surface area contributed by atoms with E-state index < -0.39 is 6.04 Å². The number of unbranched alkanes of at least 4 members (excludes halogenated alkanes) is 2. The number of amides is 2. The average Bonchev–Trinajstić information content (AvgIpc) is 2.51. The molecule has 2 amide bonds. The smallest absolute Gasteiger partial charge is 0.250 e. The first-order chi connectivity index (χ1) is 10.2. The van der Waals surface area contributed by atoms with E-state index >= 15 is 0 Å². The zero-order chi connectivity index (χ0) is 15.1.